The smallest absolute Gasteiger partial charge is 0.188 e. The average molecular weight is 264 g/mol. The van der Waals surface area contributed by atoms with Crippen LogP contribution >= 0.6 is 0 Å². The van der Waals surface area contributed by atoms with E-state index in [9.17, 15) is 0 Å². The molecule has 1 aliphatic heterocycles. The number of aromatic nitrogens is 1. The van der Waals surface area contributed by atoms with E-state index in [-0.39, 0.29) is 17.5 Å². The molecule has 1 aromatic heterocycles. The number of hydrogen-bond acceptors (Lipinski definition) is 5. The molecule has 6 nitrogen and oxygen atoms in total. The first-order valence-electron chi connectivity index (χ1n) is 6.29. The number of nitrogens with zero attached hydrogens (tertiary/aromatic N) is 3. The molecule has 2 rings (SSSR count). The van der Waals surface area contributed by atoms with E-state index in [0.29, 0.717) is 5.69 Å². The number of nitrogens with two attached hydrogens (primary N) is 1. The molecule has 0 amide bonds. The van der Waals surface area contributed by atoms with Gasteiger partial charge >= 0.3 is 0 Å². The highest BCUT2D eigenvalue weighted by Crippen LogP contribution is 2.24. The molecule has 1 atom stereocenters. The molecule has 1 fully saturated rings. The quantitative estimate of drug-likeness (QED) is 0.363. The van der Waals surface area contributed by atoms with Crippen molar-refractivity contribution in [1.82, 2.24) is 4.98 Å². The molecule has 1 unspecified atom stereocenters. The Morgan fingerprint density at radius 3 is 2.95 bits per heavy atom. The molecule has 1 saturated heterocycles. The summed E-state index contributed by atoms with van der Waals surface area (Å²) in [6.45, 7) is 7.69. The van der Waals surface area contributed by atoms with Gasteiger partial charge in [-0.3, -0.25) is 0 Å². The minimum Gasteiger partial charge on any atom is -0.409 e. The van der Waals surface area contributed by atoms with E-state index in [2.05, 4.69) is 28.9 Å². The monoisotopic (exact) mass is 264 g/mol. The molecule has 1 aliphatic rings. The summed E-state index contributed by atoms with van der Waals surface area (Å²) in [5.74, 6) is 0.828. The van der Waals surface area contributed by atoms with Gasteiger partial charge in [0.1, 0.15) is 11.5 Å². The number of ether oxygens (including phenoxy) is 1. The largest absolute Gasteiger partial charge is 0.409 e. The molecule has 0 spiro atoms. The number of rotatable bonds is 2. The van der Waals surface area contributed by atoms with E-state index in [4.69, 9.17) is 15.7 Å². The predicted molar refractivity (Wildman–Crippen MR) is 73.6 cm³/mol. The standard InChI is InChI=1S/C13H20N4O2/c1-9-7-17(8-13(2,3)19-9)11-6-4-5-10(15-11)12(14)16-18/h4-6,9,18H,7-8H2,1-3H3,(H2,14,16). The fourth-order valence-corrected chi connectivity index (χ4v) is 2.42. The summed E-state index contributed by atoms with van der Waals surface area (Å²) in [5, 5.41) is 11.7. The van der Waals surface area contributed by atoms with Gasteiger partial charge in [0.2, 0.25) is 0 Å². The van der Waals surface area contributed by atoms with E-state index in [0.717, 1.165) is 18.9 Å². The van der Waals surface area contributed by atoms with Crippen LogP contribution < -0.4 is 10.6 Å². The van der Waals surface area contributed by atoms with Crippen molar-refractivity contribution >= 4 is 11.7 Å². The van der Waals surface area contributed by atoms with Crippen molar-refractivity contribution in [2.45, 2.75) is 32.5 Å². The first-order chi connectivity index (χ1) is 8.91. The van der Waals surface area contributed by atoms with Gasteiger partial charge in [0.25, 0.3) is 0 Å². The maximum atomic E-state index is 8.70. The summed E-state index contributed by atoms with van der Waals surface area (Å²) in [6.07, 6.45) is 0.137. The Hall–Kier alpha value is -1.82. The lowest BCUT2D eigenvalue weighted by atomic mass is 10.1. The van der Waals surface area contributed by atoms with Crippen molar-refractivity contribution in [3.8, 4) is 0 Å². The van der Waals surface area contributed by atoms with E-state index >= 15 is 0 Å². The normalized spacial score (nSPS) is 23.4. The first kappa shape index (κ1) is 13.6. The van der Waals surface area contributed by atoms with Crippen molar-refractivity contribution < 1.29 is 9.94 Å². The van der Waals surface area contributed by atoms with Crippen molar-refractivity contribution in [2.75, 3.05) is 18.0 Å². The Balaban J connectivity index is 2.26. The molecule has 19 heavy (non-hydrogen) atoms. The Morgan fingerprint density at radius 2 is 2.32 bits per heavy atom. The van der Waals surface area contributed by atoms with Crippen molar-refractivity contribution in [3.63, 3.8) is 0 Å². The number of oxime groups is 1. The third kappa shape index (κ3) is 3.14. The molecule has 2 heterocycles. The SMILES string of the molecule is CC1CN(c2cccc(C(N)=NO)n2)CC(C)(C)O1. The third-order valence-corrected chi connectivity index (χ3v) is 3.00. The van der Waals surface area contributed by atoms with Gasteiger partial charge in [0, 0.05) is 13.1 Å². The van der Waals surface area contributed by atoms with E-state index in [1.165, 1.54) is 0 Å². The predicted octanol–water partition coefficient (Wildman–Crippen LogP) is 1.18. The molecule has 0 bridgehead atoms. The number of hydrogen-bond donors (Lipinski definition) is 2. The summed E-state index contributed by atoms with van der Waals surface area (Å²) in [7, 11) is 0. The average Bonchev–Trinajstić information content (AvgIpc) is 2.35. The van der Waals surface area contributed by atoms with Gasteiger partial charge in [-0.15, -0.1) is 0 Å². The Bertz CT molecular complexity index is 487. The minimum absolute atomic E-state index is 0.0161. The van der Waals surface area contributed by atoms with Crippen molar-refractivity contribution in [1.29, 1.82) is 0 Å². The Labute approximate surface area is 112 Å². The van der Waals surface area contributed by atoms with E-state index in [1.807, 2.05) is 19.1 Å². The molecule has 0 saturated carbocycles. The summed E-state index contributed by atoms with van der Waals surface area (Å²) >= 11 is 0. The van der Waals surface area contributed by atoms with Crippen molar-refractivity contribution in [2.24, 2.45) is 10.9 Å². The maximum absolute atomic E-state index is 8.70. The highest BCUT2D eigenvalue weighted by molar-refractivity contribution is 5.95. The topological polar surface area (TPSA) is 84.0 Å². The van der Waals surface area contributed by atoms with Crippen LogP contribution in [0.1, 0.15) is 26.5 Å². The number of morpholine rings is 1. The number of anilines is 1. The third-order valence-electron chi connectivity index (χ3n) is 3.00. The highest BCUT2D eigenvalue weighted by Gasteiger charge is 2.31. The summed E-state index contributed by atoms with van der Waals surface area (Å²) in [6, 6.07) is 5.48. The van der Waals surface area contributed by atoms with Gasteiger partial charge in [-0.05, 0) is 32.9 Å². The summed E-state index contributed by atoms with van der Waals surface area (Å²) in [4.78, 5) is 6.58. The molecule has 0 aromatic carbocycles. The van der Waals surface area contributed by atoms with Gasteiger partial charge in [0.15, 0.2) is 5.84 Å². The van der Waals surface area contributed by atoms with Crippen LogP contribution in [0.5, 0.6) is 0 Å². The van der Waals surface area contributed by atoms with Crippen LogP contribution in [0.3, 0.4) is 0 Å². The summed E-state index contributed by atoms with van der Waals surface area (Å²) < 4.78 is 5.87. The molecule has 6 heteroatoms. The van der Waals surface area contributed by atoms with Gasteiger partial charge in [-0.25, -0.2) is 4.98 Å². The minimum atomic E-state index is -0.216. The maximum Gasteiger partial charge on any atom is 0.188 e. The number of amidine groups is 1. The van der Waals surface area contributed by atoms with E-state index in [1.54, 1.807) is 6.07 Å². The van der Waals surface area contributed by atoms with Crippen LogP contribution in [-0.2, 0) is 4.74 Å². The van der Waals surface area contributed by atoms with Gasteiger partial charge in [-0.2, -0.15) is 0 Å². The summed E-state index contributed by atoms with van der Waals surface area (Å²) in [5.41, 5.74) is 5.82. The lowest BCUT2D eigenvalue weighted by Gasteiger charge is -2.42. The Kier molecular flexibility index (Phi) is 3.61. The Morgan fingerprint density at radius 1 is 1.58 bits per heavy atom. The zero-order valence-electron chi connectivity index (χ0n) is 11.5. The van der Waals surface area contributed by atoms with Crippen LogP contribution in [0.25, 0.3) is 0 Å². The molecular formula is C13H20N4O2. The van der Waals surface area contributed by atoms with Crippen LogP contribution in [-0.4, -0.2) is 40.8 Å². The lowest BCUT2D eigenvalue weighted by Crippen LogP contribution is -2.52. The second kappa shape index (κ2) is 5.05. The second-order valence-electron chi connectivity index (χ2n) is 5.43. The molecule has 0 radical (unpaired) electrons. The molecule has 3 N–H and O–H groups in total. The van der Waals surface area contributed by atoms with Crippen LogP contribution in [0.15, 0.2) is 23.4 Å². The molecule has 0 aliphatic carbocycles. The van der Waals surface area contributed by atoms with Crippen molar-refractivity contribution in [3.05, 3.63) is 23.9 Å². The fraction of sp³-hybridized carbons (Fsp3) is 0.538. The van der Waals surface area contributed by atoms with Crippen LogP contribution in [0.2, 0.25) is 0 Å². The van der Waals surface area contributed by atoms with Crippen LogP contribution in [0, 0.1) is 0 Å². The second-order valence-corrected chi connectivity index (χ2v) is 5.43. The van der Waals surface area contributed by atoms with E-state index < -0.39 is 0 Å². The molecule has 104 valence electrons. The van der Waals surface area contributed by atoms with Crippen LogP contribution in [0.4, 0.5) is 5.82 Å². The number of pyridine rings is 1. The first-order valence-corrected chi connectivity index (χ1v) is 6.29. The highest BCUT2D eigenvalue weighted by atomic mass is 16.5. The van der Waals surface area contributed by atoms with Gasteiger partial charge in [0.05, 0.1) is 11.7 Å². The molecule has 1 aromatic rings. The zero-order valence-corrected chi connectivity index (χ0v) is 11.5. The zero-order chi connectivity index (χ0) is 14.0. The lowest BCUT2D eigenvalue weighted by molar-refractivity contribution is -0.0751. The van der Waals surface area contributed by atoms with Gasteiger partial charge in [-0.1, -0.05) is 11.2 Å². The molecular weight excluding hydrogens is 244 g/mol. The van der Waals surface area contributed by atoms with Gasteiger partial charge < -0.3 is 20.6 Å². The fourth-order valence-electron chi connectivity index (χ4n) is 2.42.